The highest BCUT2D eigenvalue weighted by Crippen LogP contribution is 2.22. The molecule has 0 amide bonds. The van der Waals surface area contributed by atoms with Crippen molar-refractivity contribution in [1.29, 1.82) is 0 Å². The first-order valence-electron chi connectivity index (χ1n) is 6.13. The zero-order valence-corrected chi connectivity index (χ0v) is 11.7. The minimum atomic E-state index is -3.11. The molecule has 0 radical (unpaired) electrons. The van der Waals surface area contributed by atoms with Gasteiger partial charge in [-0.3, -0.25) is 10.1 Å². The number of aromatic carboxylic acids is 1. The van der Waals surface area contributed by atoms with Crippen LogP contribution in [0.1, 0.15) is 23.2 Å². The van der Waals surface area contributed by atoms with Crippen molar-refractivity contribution in [3.63, 3.8) is 0 Å². The number of nitrogens with one attached hydrogen (secondary N) is 1. The topological polar surface area (TPSA) is 140 Å². The molecule has 1 aliphatic rings. The molecule has 2 N–H and O–H groups in total. The number of hydrogen-bond acceptors (Lipinski definition) is 7. The molecule has 21 heavy (non-hydrogen) atoms. The Hall–Kier alpha value is -2.23. The van der Waals surface area contributed by atoms with Gasteiger partial charge in [-0.2, -0.15) is 0 Å². The number of sulfone groups is 1. The fourth-order valence-corrected chi connectivity index (χ4v) is 3.83. The number of nitro groups is 1. The Morgan fingerprint density at radius 1 is 1.52 bits per heavy atom. The van der Waals surface area contributed by atoms with E-state index in [1.165, 1.54) is 0 Å². The molecule has 0 aliphatic carbocycles. The van der Waals surface area contributed by atoms with Gasteiger partial charge in [0.1, 0.15) is 17.6 Å². The van der Waals surface area contributed by atoms with Crippen LogP contribution >= 0.6 is 0 Å². The fourth-order valence-electron chi connectivity index (χ4n) is 2.19. The van der Waals surface area contributed by atoms with Gasteiger partial charge < -0.3 is 10.4 Å². The number of hydrogen-bond donors (Lipinski definition) is 2. The zero-order chi connectivity index (χ0) is 15.6. The Labute approximate surface area is 120 Å². The second-order valence-electron chi connectivity index (χ2n) is 4.75. The summed E-state index contributed by atoms with van der Waals surface area (Å²) in [5, 5.41) is 22.5. The first-order valence-corrected chi connectivity index (χ1v) is 7.95. The third-order valence-corrected chi connectivity index (χ3v) is 4.95. The molecule has 0 bridgehead atoms. The number of pyridine rings is 1. The molecular weight excluding hydrogens is 302 g/mol. The first-order chi connectivity index (χ1) is 9.78. The number of carboxylic acid groups (broad SMARTS) is 1. The molecule has 0 aromatic carbocycles. The lowest BCUT2D eigenvalue weighted by atomic mass is 10.1. The monoisotopic (exact) mass is 315 g/mol. The van der Waals surface area contributed by atoms with Crippen LogP contribution in [0.2, 0.25) is 0 Å². The van der Waals surface area contributed by atoms with Crippen LogP contribution in [0.15, 0.2) is 12.3 Å². The molecule has 10 heteroatoms. The molecule has 1 aliphatic heterocycles. The van der Waals surface area contributed by atoms with Gasteiger partial charge >= 0.3 is 11.7 Å². The molecule has 1 aromatic rings. The fraction of sp³-hybridized carbons (Fsp3) is 0.455. The third kappa shape index (κ3) is 3.66. The van der Waals surface area contributed by atoms with Gasteiger partial charge in [-0.25, -0.2) is 18.2 Å². The highest BCUT2D eigenvalue weighted by Gasteiger charge is 2.26. The van der Waals surface area contributed by atoms with Gasteiger partial charge in [0.2, 0.25) is 0 Å². The highest BCUT2D eigenvalue weighted by atomic mass is 32.2. The summed E-state index contributed by atoms with van der Waals surface area (Å²) in [6.45, 7) is 0. The molecular formula is C11H13N3O6S. The lowest BCUT2D eigenvalue weighted by Crippen LogP contribution is -2.35. The Bertz CT molecular complexity index is 687. The normalized spacial score (nSPS) is 20.7. The molecule has 1 atom stereocenters. The molecule has 114 valence electrons. The Morgan fingerprint density at radius 3 is 2.81 bits per heavy atom. The lowest BCUT2D eigenvalue weighted by Gasteiger charge is -2.23. The average Bonchev–Trinajstić information content (AvgIpc) is 2.37. The quantitative estimate of drug-likeness (QED) is 0.610. The standard InChI is InChI=1S/C11H13N3O6S/c15-11(16)8-4-10(12-5-9(8)14(17)18)13-7-2-1-3-21(19,20)6-7/h4-5,7H,1-3,6H2,(H,12,13)(H,15,16). The maximum Gasteiger partial charge on any atom is 0.342 e. The summed E-state index contributed by atoms with van der Waals surface area (Å²) >= 11 is 0. The van der Waals surface area contributed by atoms with Crippen LogP contribution < -0.4 is 5.32 Å². The van der Waals surface area contributed by atoms with Crippen molar-refractivity contribution < 1.29 is 23.2 Å². The molecule has 9 nitrogen and oxygen atoms in total. The molecule has 1 fully saturated rings. The van der Waals surface area contributed by atoms with Crippen LogP contribution in [0.4, 0.5) is 11.5 Å². The third-order valence-electron chi connectivity index (χ3n) is 3.13. The number of rotatable bonds is 4. The van der Waals surface area contributed by atoms with Crippen molar-refractivity contribution in [1.82, 2.24) is 4.98 Å². The lowest BCUT2D eigenvalue weighted by molar-refractivity contribution is -0.385. The van der Waals surface area contributed by atoms with E-state index >= 15 is 0 Å². The van der Waals surface area contributed by atoms with E-state index in [0.29, 0.717) is 12.8 Å². The molecule has 1 aromatic heterocycles. The minimum absolute atomic E-state index is 0.0614. The van der Waals surface area contributed by atoms with Crippen LogP contribution in [0.3, 0.4) is 0 Å². The van der Waals surface area contributed by atoms with Gasteiger partial charge in [0.15, 0.2) is 9.84 Å². The Morgan fingerprint density at radius 2 is 2.24 bits per heavy atom. The summed E-state index contributed by atoms with van der Waals surface area (Å²) in [4.78, 5) is 24.7. The van der Waals surface area contributed by atoms with E-state index in [-0.39, 0.29) is 23.4 Å². The number of nitrogens with zero attached hydrogens (tertiary/aromatic N) is 2. The zero-order valence-electron chi connectivity index (χ0n) is 10.9. The van der Waals surface area contributed by atoms with Gasteiger partial charge in [0.25, 0.3) is 0 Å². The van der Waals surface area contributed by atoms with E-state index < -0.39 is 32.0 Å². The van der Waals surface area contributed by atoms with Crippen molar-refractivity contribution in [3.8, 4) is 0 Å². The molecule has 2 rings (SSSR count). The van der Waals surface area contributed by atoms with E-state index in [2.05, 4.69) is 10.3 Å². The number of carbonyl (C=O) groups is 1. The first kappa shape index (κ1) is 15.2. The highest BCUT2D eigenvalue weighted by molar-refractivity contribution is 7.91. The average molecular weight is 315 g/mol. The van der Waals surface area contributed by atoms with E-state index in [4.69, 9.17) is 5.11 Å². The van der Waals surface area contributed by atoms with Gasteiger partial charge in [-0.1, -0.05) is 0 Å². The Balaban J connectivity index is 2.23. The molecule has 1 unspecified atom stereocenters. The van der Waals surface area contributed by atoms with Gasteiger partial charge in [0, 0.05) is 12.1 Å². The number of carboxylic acids is 1. The van der Waals surface area contributed by atoms with E-state index in [1.54, 1.807) is 0 Å². The molecule has 2 heterocycles. The van der Waals surface area contributed by atoms with Crippen LogP contribution in [-0.4, -0.2) is 46.9 Å². The summed E-state index contributed by atoms with van der Waals surface area (Å²) in [7, 11) is -3.11. The van der Waals surface area contributed by atoms with Crippen LogP contribution in [0, 0.1) is 10.1 Å². The second kappa shape index (κ2) is 5.64. The van der Waals surface area contributed by atoms with Crippen molar-refractivity contribution in [2.45, 2.75) is 18.9 Å². The SMILES string of the molecule is O=C(O)c1cc(NC2CCCS(=O)(=O)C2)ncc1[N+](=O)[O-]. The van der Waals surface area contributed by atoms with Crippen molar-refractivity contribution >= 4 is 27.3 Å². The summed E-state index contributed by atoms with van der Waals surface area (Å²) in [6, 6.07) is 0.668. The van der Waals surface area contributed by atoms with Crippen molar-refractivity contribution in [2.24, 2.45) is 0 Å². The summed E-state index contributed by atoms with van der Waals surface area (Å²) in [5.41, 5.74) is -1.10. The van der Waals surface area contributed by atoms with E-state index in [9.17, 15) is 23.3 Å². The minimum Gasteiger partial charge on any atom is -0.477 e. The van der Waals surface area contributed by atoms with Gasteiger partial charge in [0.05, 0.1) is 16.4 Å². The molecule has 0 saturated carbocycles. The summed E-state index contributed by atoms with van der Waals surface area (Å²) in [6.07, 6.45) is 1.97. The van der Waals surface area contributed by atoms with E-state index in [1.807, 2.05) is 0 Å². The van der Waals surface area contributed by atoms with Crippen LogP contribution in [0.5, 0.6) is 0 Å². The van der Waals surface area contributed by atoms with Gasteiger partial charge in [-0.15, -0.1) is 0 Å². The smallest absolute Gasteiger partial charge is 0.342 e. The Kier molecular flexibility index (Phi) is 4.07. The second-order valence-corrected chi connectivity index (χ2v) is 6.98. The predicted molar refractivity (Wildman–Crippen MR) is 73.1 cm³/mol. The van der Waals surface area contributed by atoms with Crippen LogP contribution in [0.25, 0.3) is 0 Å². The number of anilines is 1. The molecule has 0 spiro atoms. The maximum absolute atomic E-state index is 11.5. The maximum atomic E-state index is 11.5. The van der Waals surface area contributed by atoms with Crippen LogP contribution in [-0.2, 0) is 9.84 Å². The van der Waals surface area contributed by atoms with E-state index in [0.717, 1.165) is 12.3 Å². The largest absolute Gasteiger partial charge is 0.477 e. The number of aromatic nitrogens is 1. The van der Waals surface area contributed by atoms with Gasteiger partial charge in [-0.05, 0) is 12.8 Å². The summed E-state index contributed by atoms with van der Waals surface area (Å²) in [5.74, 6) is -1.25. The molecule has 1 saturated heterocycles. The van der Waals surface area contributed by atoms with Crippen molar-refractivity contribution in [3.05, 3.63) is 27.9 Å². The summed E-state index contributed by atoms with van der Waals surface area (Å²) < 4.78 is 23.1. The van der Waals surface area contributed by atoms with Crippen molar-refractivity contribution in [2.75, 3.05) is 16.8 Å². The predicted octanol–water partition coefficient (Wildman–Crippen LogP) is 0.677.